The number of nitrogens with one attached hydrogen (secondary N) is 2. The Morgan fingerprint density at radius 3 is 2.03 bits per heavy atom. The van der Waals surface area contributed by atoms with Gasteiger partial charge in [0.1, 0.15) is 0 Å². The fourth-order valence-corrected chi connectivity index (χ4v) is 6.55. The topological polar surface area (TPSA) is 31.6 Å². The number of allylic oxidation sites excluding steroid dienone is 1. The molecule has 6 rings (SSSR count). The quantitative estimate of drug-likeness (QED) is 0.258. The zero-order chi connectivity index (χ0) is 20.8. The molecular formula is C26H22N2S2. The maximum absolute atomic E-state index is 3.98. The van der Waals surface area contributed by atoms with Crippen LogP contribution in [0.4, 0.5) is 0 Å². The van der Waals surface area contributed by atoms with E-state index in [1.165, 1.54) is 63.5 Å². The van der Waals surface area contributed by atoms with Gasteiger partial charge in [-0.1, -0.05) is 72.6 Å². The Hall–Kier alpha value is -2.82. The lowest BCUT2D eigenvalue weighted by Gasteiger charge is -2.19. The molecule has 0 aliphatic carbocycles. The summed E-state index contributed by atoms with van der Waals surface area (Å²) >= 11 is 3.73. The van der Waals surface area contributed by atoms with Crippen molar-refractivity contribution in [1.82, 2.24) is 9.97 Å². The van der Waals surface area contributed by atoms with Gasteiger partial charge >= 0.3 is 0 Å². The molecule has 5 aromatic rings. The van der Waals surface area contributed by atoms with E-state index in [9.17, 15) is 0 Å². The second-order valence-electron chi connectivity index (χ2n) is 7.28. The molecule has 0 fully saturated rings. The minimum absolute atomic E-state index is 1.18. The molecule has 0 atom stereocenters. The molecule has 2 N–H and O–H groups in total. The Kier molecular flexibility index (Phi) is 4.76. The number of H-pyrrole nitrogens is 2. The van der Waals surface area contributed by atoms with Gasteiger partial charge in [0.05, 0.1) is 20.8 Å². The Morgan fingerprint density at radius 2 is 1.37 bits per heavy atom. The van der Waals surface area contributed by atoms with E-state index >= 15 is 0 Å². The molecule has 4 heteroatoms. The fraction of sp³-hybridized carbons (Fsp3) is 0.0769. The average molecular weight is 427 g/mol. The summed E-state index contributed by atoms with van der Waals surface area (Å²) in [7, 11) is 0. The molecule has 1 aliphatic rings. The predicted molar refractivity (Wildman–Crippen MR) is 133 cm³/mol. The number of benzene rings is 3. The van der Waals surface area contributed by atoms with Gasteiger partial charge in [0.25, 0.3) is 0 Å². The largest absolute Gasteiger partial charge is 0.357 e. The molecule has 0 amide bonds. The minimum atomic E-state index is 1.18. The van der Waals surface area contributed by atoms with Crippen molar-refractivity contribution in [3.8, 4) is 0 Å². The number of hydrogen-bond acceptors (Lipinski definition) is 2. The zero-order valence-electron chi connectivity index (χ0n) is 17.0. The highest BCUT2D eigenvalue weighted by molar-refractivity contribution is 8.05. The number of aromatic nitrogens is 2. The summed E-state index contributed by atoms with van der Waals surface area (Å²) in [4.78, 5) is 12.5. The molecule has 0 spiro atoms. The Balaban J connectivity index is 0.000000609. The first kappa shape index (κ1) is 19.2. The highest BCUT2D eigenvalue weighted by Crippen LogP contribution is 2.53. The van der Waals surface area contributed by atoms with Gasteiger partial charge < -0.3 is 9.97 Å². The molecule has 0 saturated carbocycles. The molecule has 2 aromatic heterocycles. The van der Waals surface area contributed by atoms with Gasteiger partial charge in [-0.25, -0.2) is 0 Å². The summed E-state index contributed by atoms with van der Waals surface area (Å²) in [5.41, 5.74) is 6.04. The summed E-state index contributed by atoms with van der Waals surface area (Å²) in [5.74, 6) is 0. The maximum Gasteiger partial charge on any atom is 0.0618 e. The lowest BCUT2D eigenvalue weighted by molar-refractivity contribution is 1.17. The van der Waals surface area contributed by atoms with Crippen LogP contribution in [0.2, 0.25) is 0 Å². The van der Waals surface area contributed by atoms with Crippen LogP contribution in [0.15, 0.2) is 87.3 Å². The average Bonchev–Trinajstić information content (AvgIpc) is 3.30. The van der Waals surface area contributed by atoms with E-state index in [4.69, 9.17) is 0 Å². The predicted octanol–water partition coefficient (Wildman–Crippen LogP) is 8.56. The van der Waals surface area contributed by atoms with Crippen molar-refractivity contribution < 1.29 is 0 Å². The summed E-state index contributed by atoms with van der Waals surface area (Å²) in [5, 5.41) is 3.84. The van der Waals surface area contributed by atoms with Crippen molar-refractivity contribution in [2.45, 2.75) is 33.4 Å². The van der Waals surface area contributed by atoms with Crippen LogP contribution < -0.4 is 0 Å². The zero-order valence-corrected chi connectivity index (χ0v) is 18.6. The van der Waals surface area contributed by atoms with E-state index in [1.807, 2.05) is 36.5 Å². The minimum Gasteiger partial charge on any atom is -0.357 e. The van der Waals surface area contributed by atoms with Crippen molar-refractivity contribution in [3.63, 3.8) is 0 Å². The van der Waals surface area contributed by atoms with Crippen LogP contribution in [0.25, 0.3) is 38.8 Å². The lowest BCUT2D eigenvalue weighted by Crippen LogP contribution is -1.92. The van der Waals surface area contributed by atoms with Gasteiger partial charge in [-0.15, -0.1) is 6.58 Å². The van der Waals surface area contributed by atoms with E-state index in [-0.39, 0.29) is 0 Å². The first-order chi connectivity index (χ1) is 14.7. The molecule has 0 bridgehead atoms. The molecule has 30 heavy (non-hydrogen) atoms. The molecule has 0 unspecified atom stereocenters. The van der Waals surface area contributed by atoms with Gasteiger partial charge in [-0.2, -0.15) is 0 Å². The molecule has 3 heterocycles. The van der Waals surface area contributed by atoms with E-state index in [0.717, 1.165) is 0 Å². The van der Waals surface area contributed by atoms with Gasteiger partial charge in [0.2, 0.25) is 0 Å². The number of rotatable bonds is 1. The monoisotopic (exact) mass is 426 g/mol. The second-order valence-corrected chi connectivity index (χ2v) is 9.39. The first-order valence-corrected chi connectivity index (χ1v) is 11.5. The normalized spacial score (nSPS) is 12.3. The number of aryl methyl sites for hydroxylation is 1. The highest BCUT2D eigenvalue weighted by Gasteiger charge is 2.24. The van der Waals surface area contributed by atoms with Crippen LogP contribution in [0, 0.1) is 6.92 Å². The van der Waals surface area contributed by atoms with E-state index in [2.05, 4.69) is 78.6 Å². The van der Waals surface area contributed by atoms with Gasteiger partial charge in [0.15, 0.2) is 0 Å². The van der Waals surface area contributed by atoms with E-state index in [1.54, 1.807) is 6.08 Å². The molecule has 2 nitrogen and oxygen atoms in total. The maximum atomic E-state index is 3.98. The first-order valence-electron chi connectivity index (χ1n) is 9.90. The Bertz CT molecular complexity index is 1450. The van der Waals surface area contributed by atoms with Crippen LogP contribution in [-0.4, -0.2) is 9.97 Å². The van der Waals surface area contributed by atoms with Gasteiger partial charge in [0, 0.05) is 42.7 Å². The van der Waals surface area contributed by atoms with Crippen LogP contribution in [0.1, 0.15) is 18.2 Å². The van der Waals surface area contributed by atoms with Crippen molar-refractivity contribution in [2.24, 2.45) is 0 Å². The van der Waals surface area contributed by atoms with Crippen LogP contribution in [0.5, 0.6) is 0 Å². The SMILES string of the molecule is C=CC.C=Cc1c(C)[nH]c2c3c(ccc12)Sc1c(ccc2c1[nH]c1ccccc12)S3. The summed E-state index contributed by atoms with van der Waals surface area (Å²) in [6.07, 6.45) is 3.70. The third-order valence-electron chi connectivity index (χ3n) is 5.35. The fourth-order valence-electron chi connectivity index (χ4n) is 4.09. The number of para-hydroxylation sites is 1. The lowest BCUT2D eigenvalue weighted by atomic mass is 10.1. The molecule has 148 valence electrons. The second kappa shape index (κ2) is 7.46. The number of hydrogen-bond donors (Lipinski definition) is 2. The summed E-state index contributed by atoms with van der Waals surface area (Å²) in [6, 6.07) is 17.5. The van der Waals surface area contributed by atoms with Crippen molar-refractivity contribution >= 4 is 62.3 Å². The standard InChI is InChI=1S/C23H16N2S2.C3H6/c1-3-13-12(2)24-20-15(13)8-10-18-22(20)26-19-11-9-16-14-6-4-5-7-17(14)25-21(16)23(19)27-18;1-3-2/h3-11,24-25H,1H2,2H3;3H,1H2,2H3. The van der Waals surface area contributed by atoms with Crippen molar-refractivity contribution in [2.75, 3.05) is 0 Å². The van der Waals surface area contributed by atoms with Crippen LogP contribution in [0.3, 0.4) is 0 Å². The Labute approximate surface area is 184 Å². The van der Waals surface area contributed by atoms with Crippen molar-refractivity contribution in [3.05, 3.63) is 79.0 Å². The molecule has 3 aromatic carbocycles. The smallest absolute Gasteiger partial charge is 0.0618 e. The molecule has 0 saturated heterocycles. The van der Waals surface area contributed by atoms with Crippen LogP contribution in [-0.2, 0) is 0 Å². The Morgan fingerprint density at radius 1 is 0.767 bits per heavy atom. The third-order valence-corrected chi connectivity index (χ3v) is 7.99. The van der Waals surface area contributed by atoms with Gasteiger partial charge in [-0.05, 0) is 32.0 Å². The van der Waals surface area contributed by atoms with Crippen LogP contribution >= 0.6 is 23.5 Å². The molecule has 0 radical (unpaired) electrons. The molecular weight excluding hydrogens is 404 g/mol. The number of fused-ring (bicyclic) bond motifs is 8. The third kappa shape index (κ3) is 2.83. The van der Waals surface area contributed by atoms with Gasteiger partial charge in [-0.3, -0.25) is 0 Å². The summed E-state index contributed by atoms with van der Waals surface area (Å²) < 4.78 is 0. The van der Waals surface area contributed by atoms with E-state index in [0.29, 0.717) is 0 Å². The molecule has 1 aliphatic heterocycles. The highest BCUT2D eigenvalue weighted by atomic mass is 32.2. The summed E-state index contributed by atoms with van der Waals surface area (Å²) in [6.45, 7) is 11.3. The van der Waals surface area contributed by atoms with E-state index < -0.39 is 0 Å². The number of aromatic amines is 2. The van der Waals surface area contributed by atoms with Crippen molar-refractivity contribution in [1.29, 1.82) is 0 Å².